The maximum absolute atomic E-state index is 13.1. The number of halogens is 2. The number of carbonyl (C=O) groups excluding carboxylic acids is 2. The summed E-state index contributed by atoms with van der Waals surface area (Å²) in [5.41, 5.74) is 0.324. The van der Waals surface area contributed by atoms with Crippen LogP contribution in [0.15, 0.2) is 72.3 Å². The Kier molecular flexibility index (Phi) is 5.80. The summed E-state index contributed by atoms with van der Waals surface area (Å²) in [5, 5.41) is 32.1. The molecule has 1 heterocycles. The number of nitro groups is 1. The van der Waals surface area contributed by atoms with E-state index in [-0.39, 0.29) is 27.6 Å². The van der Waals surface area contributed by atoms with Crippen LogP contribution in [0.2, 0.25) is 10.0 Å². The molecule has 1 fully saturated rings. The summed E-state index contributed by atoms with van der Waals surface area (Å²) in [6.07, 6.45) is 0. The standard InChI is InChI=1S/C23H14Cl2N2O6/c24-14-2-1-3-16(11-14)26-20(13-6-9-18(28)17(25)10-13)19(22(30)23(26)31)21(29)12-4-7-15(8-5-12)27(32)33/h1-11,20,28-29H/b21-19-. The number of aliphatic hydroxyl groups excluding tert-OH is 1. The average Bonchev–Trinajstić information content (AvgIpc) is 3.06. The lowest BCUT2D eigenvalue weighted by atomic mass is 9.95. The highest BCUT2D eigenvalue weighted by Crippen LogP contribution is 2.44. The summed E-state index contributed by atoms with van der Waals surface area (Å²) in [6, 6.07) is 14.3. The van der Waals surface area contributed by atoms with E-state index < -0.39 is 28.4 Å². The molecule has 166 valence electrons. The third kappa shape index (κ3) is 4.02. The topological polar surface area (TPSA) is 121 Å². The van der Waals surface area contributed by atoms with Gasteiger partial charge in [0.15, 0.2) is 0 Å². The number of carbonyl (C=O) groups is 2. The fourth-order valence-electron chi connectivity index (χ4n) is 3.63. The van der Waals surface area contributed by atoms with Crippen molar-refractivity contribution in [2.24, 2.45) is 0 Å². The smallest absolute Gasteiger partial charge is 0.300 e. The van der Waals surface area contributed by atoms with Crippen LogP contribution in [0.3, 0.4) is 0 Å². The minimum absolute atomic E-state index is 0.0143. The first-order valence-corrected chi connectivity index (χ1v) is 10.2. The van der Waals surface area contributed by atoms with Gasteiger partial charge in [0.25, 0.3) is 17.4 Å². The predicted octanol–water partition coefficient (Wildman–Crippen LogP) is 5.23. The van der Waals surface area contributed by atoms with Crippen LogP contribution in [0.25, 0.3) is 5.76 Å². The summed E-state index contributed by atoms with van der Waals surface area (Å²) in [4.78, 5) is 37.6. The number of aliphatic hydroxyl groups is 1. The summed E-state index contributed by atoms with van der Waals surface area (Å²) >= 11 is 12.2. The lowest BCUT2D eigenvalue weighted by Gasteiger charge is -2.25. The van der Waals surface area contributed by atoms with Gasteiger partial charge in [-0.05, 0) is 48.0 Å². The second-order valence-corrected chi connectivity index (χ2v) is 8.01. The van der Waals surface area contributed by atoms with E-state index in [0.29, 0.717) is 16.3 Å². The van der Waals surface area contributed by atoms with E-state index in [0.717, 1.165) is 0 Å². The zero-order chi connectivity index (χ0) is 23.9. The van der Waals surface area contributed by atoms with Gasteiger partial charge in [0.2, 0.25) is 0 Å². The zero-order valence-electron chi connectivity index (χ0n) is 16.6. The number of amides is 1. The number of hydrogen-bond donors (Lipinski definition) is 2. The molecule has 10 heteroatoms. The Hall–Kier alpha value is -3.88. The van der Waals surface area contributed by atoms with E-state index in [9.17, 15) is 29.9 Å². The average molecular weight is 485 g/mol. The molecule has 33 heavy (non-hydrogen) atoms. The third-order valence-corrected chi connectivity index (χ3v) is 5.71. The number of aromatic hydroxyl groups is 1. The molecule has 0 saturated carbocycles. The molecule has 1 aliphatic heterocycles. The molecule has 8 nitrogen and oxygen atoms in total. The lowest BCUT2D eigenvalue weighted by Crippen LogP contribution is -2.29. The van der Waals surface area contributed by atoms with E-state index in [1.54, 1.807) is 18.2 Å². The summed E-state index contributed by atoms with van der Waals surface area (Å²) in [5.74, 6) is -2.58. The van der Waals surface area contributed by atoms with Crippen LogP contribution in [0.1, 0.15) is 17.2 Å². The molecule has 3 aromatic carbocycles. The molecule has 0 bridgehead atoms. The van der Waals surface area contributed by atoms with E-state index >= 15 is 0 Å². The summed E-state index contributed by atoms with van der Waals surface area (Å²) in [7, 11) is 0. The fourth-order valence-corrected chi connectivity index (χ4v) is 4.00. The molecule has 1 aliphatic rings. The molecule has 1 saturated heterocycles. The number of ketones is 1. The minimum Gasteiger partial charge on any atom is -0.507 e. The molecule has 3 aromatic rings. The van der Waals surface area contributed by atoms with Crippen molar-refractivity contribution in [3.63, 3.8) is 0 Å². The Bertz CT molecular complexity index is 1340. The Morgan fingerprint density at radius 2 is 1.70 bits per heavy atom. The minimum atomic E-state index is -1.10. The Morgan fingerprint density at radius 1 is 1.00 bits per heavy atom. The molecule has 0 aliphatic carbocycles. The number of phenols is 1. The number of nitrogens with zero attached hydrogens (tertiary/aromatic N) is 2. The van der Waals surface area contributed by atoms with Crippen molar-refractivity contribution in [3.05, 3.63) is 104 Å². The molecule has 1 atom stereocenters. The number of phenolic OH excluding ortho intramolecular Hbond substituents is 1. The van der Waals surface area contributed by atoms with Gasteiger partial charge in [0.1, 0.15) is 11.5 Å². The fraction of sp³-hybridized carbons (Fsp3) is 0.0435. The van der Waals surface area contributed by atoms with Crippen LogP contribution < -0.4 is 4.90 Å². The number of Topliss-reactive ketones (excluding diaryl/α,β-unsaturated/α-hetero) is 1. The number of non-ortho nitro benzene ring substituents is 1. The monoisotopic (exact) mass is 484 g/mol. The van der Waals surface area contributed by atoms with Crippen LogP contribution in [0, 0.1) is 10.1 Å². The molecule has 1 unspecified atom stereocenters. The van der Waals surface area contributed by atoms with Gasteiger partial charge in [-0.1, -0.05) is 35.3 Å². The number of anilines is 1. The highest BCUT2D eigenvalue weighted by atomic mass is 35.5. The van der Waals surface area contributed by atoms with Crippen molar-refractivity contribution in [2.45, 2.75) is 6.04 Å². The van der Waals surface area contributed by atoms with Crippen LogP contribution in [-0.4, -0.2) is 26.8 Å². The van der Waals surface area contributed by atoms with Crippen LogP contribution >= 0.6 is 23.2 Å². The first-order valence-electron chi connectivity index (χ1n) is 9.49. The highest BCUT2D eigenvalue weighted by Gasteiger charge is 2.47. The van der Waals surface area contributed by atoms with Crippen molar-refractivity contribution in [1.82, 2.24) is 0 Å². The molecular formula is C23H14Cl2N2O6. The van der Waals surface area contributed by atoms with E-state index in [1.807, 2.05) is 0 Å². The largest absolute Gasteiger partial charge is 0.507 e. The van der Waals surface area contributed by atoms with Crippen molar-refractivity contribution < 1.29 is 24.7 Å². The van der Waals surface area contributed by atoms with E-state index in [1.165, 1.54) is 53.4 Å². The van der Waals surface area contributed by atoms with Gasteiger partial charge in [-0.25, -0.2) is 0 Å². The number of rotatable bonds is 4. The first-order chi connectivity index (χ1) is 15.7. The van der Waals surface area contributed by atoms with Crippen molar-refractivity contribution in [1.29, 1.82) is 0 Å². The maximum Gasteiger partial charge on any atom is 0.300 e. The van der Waals surface area contributed by atoms with Gasteiger partial charge >= 0.3 is 0 Å². The normalized spacial score (nSPS) is 17.4. The van der Waals surface area contributed by atoms with Crippen molar-refractivity contribution >= 4 is 52.0 Å². The van der Waals surface area contributed by atoms with Gasteiger partial charge in [0.05, 0.1) is 21.6 Å². The predicted molar refractivity (Wildman–Crippen MR) is 122 cm³/mol. The summed E-state index contributed by atoms with van der Waals surface area (Å²) in [6.45, 7) is 0. The molecule has 0 aromatic heterocycles. The molecular weight excluding hydrogens is 471 g/mol. The maximum atomic E-state index is 13.1. The second kappa shape index (κ2) is 8.57. The second-order valence-electron chi connectivity index (χ2n) is 7.16. The van der Waals surface area contributed by atoms with Gasteiger partial charge in [-0.15, -0.1) is 0 Å². The molecule has 0 radical (unpaired) electrons. The molecule has 0 spiro atoms. The molecule has 4 rings (SSSR count). The first kappa shape index (κ1) is 22.3. The van der Waals surface area contributed by atoms with Crippen LogP contribution in [-0.2, 0) is 9.59 Å². The van der Waals surface area contributed by atoms with Gasteiger partial charge in [0, 0.05) is 28.4 Å². The Balaban J connectivity index is 1.94. The summed E-state index contributed by atoms with van der Waals surface area (Å²) < 4.78 is 0. The Labute approximate surface area is 197 Å². The van der Waals surface area contributed by atoms with Gasteiger partial charge < -0.3 is 10.2 Å². The van der Waals surface area contributed by atoms with Gasteiger partial charge in [-0.2, -0.15) is 0 Å². The van der Waals surface area contributed by atoms with Crippen molar-refractivity contribution in [2.75, 3.05) is 4.90 Å². The highest BCUT2D eigenvalue weighted by molar-refractivity contribution is 6.52. The van der Waals surface area contributed by atoms with E-state index in [4.69, 9.17) is 23.2 Å². The quantitative estimate of drug-likeness (QED) is 0.172. The number of hydrogen-bond acceptors (Lipinski definition) is 6. The Morgan fingerprint density at radius 3 is 2.30 bits per heavy atom. The van der Waals surface area contributed by atoms with Crippen LogP contribution in [0.5, 0.6) is 5.75 Å². The third-order valence-electron chi connectivity index (χ3n) is 5.17. The van der Waals surface area contributed by atoms with Crippen molar-refractivity contribution in [3.8, 4) is 5.75 Å². The molecule has 2 N–H and O–H groups in total. The SMILES string of the molecule is O=C1C(=O)N(c2cccc(Cl)c2)C(c2ccc(O)c(Cl)c2)/C1=C(/O)c1ccc([N+](=O)[O-])cc1. The zero-order valence-corrected chi connectivity index (χ0v) is 18.1. The van der Waals surface area contributed by atoms with E-state index in [2.05, 4.69) is 0 Å². The van der Waals surface area contributed by atoms with Gasteiger partial charge in [-0.3, -0.25) is 24.6 Å². The lowest BCUT2D eigenvalue weighted by molar-refractivity contribution is -0.384. The molecule has 1 amide bonds. The van der Waals surface area contributed by atoms with Crippen LogP contribution in [0.4, 0.5) is 11.4 Å². The number of nitro benzene ring substituents is 1. The number of benzene rings is 3.